The molecule has 0 N–H and O–H groups in total. The van der Waals surface area contributed by atoms with Gasteiger partial charge >= 0.3 is 0 Å². The van der Waals surface area contributed by atoms with E-state index in [0.29, 0.717) is 31.7 Å². The van der Waals surface area contributed by atoms with Crippen molar-refractivity contribution in [2.75, 3.05) is 40.3 Å². The number of carbonyl (C=O) groups is 1. The van der Waals surface area contributed by atoms with Gasteiger partial charge in [-0.3, -0.25) is 4.79 Å². The highest BCUT2D eigenvalue weighted by Gasteiger charge is 2.31. The molecule has 0 aromatic heterocycles. The van der Waals surface area contributed by atoms with Gasteiger partial charge in [-0.25, -0.2) is 0 Å². The number of rotatable bonds is 3. The van der Waals surface area contributed by atoms with Crippen LogP contribution >= 0.6 is 0 Å². The number of benzene rings is 1. The third-order valence-corrected chi connectivity index (χ3v) is 6.58. The maximum absolute atomic E-state index is 12.8. The first-order chi connectivity index (χ1) is 11.4. The van der Waals surface area contributed by atoms with Crippen LogP contribution < -0.4 is 0 Å². The van der Waals surface area contributed by atoms with Crippen LogP contribution in [0.1, 0.15) is 42.3 Å². The highest BCUT2D eigenvalue weighted by atomic mass is 32.2. The Hall–Kier alpha value is -1.44. The molecule has 1 aromatic carbocycles. The number of piperazine rings is 1. The lowest BCUT2D eigenvalue weighted by Gasteiger charge is -2.35. The van der Waals surface area contributed by atoms with Crippen LogP contribution in [0.25, 0.3) is 0 Å². The Bertz CT molecular complexity index is 743. The van der Waals surface area contributed by atoms with E-state index in [1.54, 1.807) is 4.90 Å². The molecular weight excluding hydrogens is 338 g/mol. The zero-order chi connectivity index (χ0) is 19.0. The summed E-state index contributed by atoms with van der Waals surface area (Å²) in [6.45, 7) is 9.86. The Labute approximate surface area is 151 Å². The van der Waals surface area contributed by atoms with Crippen LogP contribution in [-0.4, -0.2) is 68.1 Å². The molecule has 6 nitrogen and oxygen atoms in total. The number of hydrogen-bond donors (Lipinski definition) is 0. The van der Waals surface area contributed by atoms with Gasteiger partial charge in [-0.2, -0.15) is 17.0 Å². The molecule has 0 bridgehead atoms. The lowest BCUT2D eigenvalue weighted by molar-refractivity contribution is 0.0694. The number of aryl methyl sites for hydroxylation is 1. The van der Waals surface area contributed by atoms with Gasteiger partial charge < -0.3 is 4.90 Å². The number of nitrogens with zero attached hydrogens (tertiary/aromatic N) is 3. The lowest BCUT2D eigenvalue weighted by Crippen LogP contribution is -2.53. The van der Waals surface area contributed by atoms with E-state index in [-0.39, 0.29) is 11.3 Å². The molecule has 0 unspecified atom stereocenters. The molecule has 7 heteroatoms. The Morgan fingerprint density at radius 3 is 2.08 bits per heavy atom. The zero-order valence-corrected chi connectivity index (χ0v) is 16.9. The highest BCUT2D eigenvalue weighted by Crippen LogP contribution is 2.25. The summed E-state index contributed by atoms with van der Waals surface area (Å²) in [5.41, 5.74) is 2.89. The van der Waals surface area contributed by atoms with Gasteiger partial charge in [0.15, 0.2) is 0 Å². The van der Waals surface area contributed by atoms with Crippen LogP contribution in [0.5, 0.6) is 0 Å². The van der Waals surface area contributed by atoms with Crippen LogP contribution in [0.15, 0.2) is 18.2 Å². The summed E-state index contributed by atoms with van der Waals surface area (Å²) in [7, 11) is -0.374. The van der Waals surface area contributed by atoms with Crippen molar-refractivity contribution in [3.05, 3.63) is 34.9 Å². The van der Waals surface area contributed by atoms with Crippen molar-refractivity contribution in [3.8, 4) is 0 Å². The van der Waals surface area contributed by atoms with Crippen molar-refractivity contribution in [2.24, 2.45) is 0 Å². The molecule has 0 saturated carbocycles. The first-order valence-corrected chi connectivity index (χ1v) is 9.92. The predicted molar refractivity (Wildman–Crippen MR) is 100.0 cm³/mol. The van der Waals surface area contributed by atoms with E-state index in [1.807, 2.05) is 19.1 Å². The van der Waals surface area contributed by atoms with Crippen molar-refractivity contribution in [2.45, 2.75) is 33.1 Å². The Kier molecular flexibility index (Phi) is 5.61. The molecule has 1 amide bonds. The van der Waals surface area contributed by atoms with Crippen molar-refractivity contribution >= 4 is 16.1 Å². The van der Waals surface area contributed by atoms with Crippen LogP contribution in [0.2, 0.25) is 0 Å². The Morgan fingerprint density at radius 1 is 1.08 bits per heavy atom. The van der Waals surface area contributed by atoms with Gasteiger partial charge in [0.05, 0.1) is 0 Å². The molecule has 25 heavy (non-hydrogen) atoms. The quantitative estimate of drug-likeness (QED) is 0.819. The van der Waals surface area contributed by atoms with Gasteiger partial charge in [-0.05, 0) is 29.5 Å². The number of hydrogen-bond acceptors (Lipinski definition) is 3. The summed E-state index contributed by atoms with van der Waals surface area (Å²) in [5, 5.41) is 0. The van der Waals surface area contributed by atoms with Crippen molar-refractivity contribution in [1.29, 1.82) is 0 Å². The minimum Gasteiger partial charge on any atom is -0.336 e. The van der Waals surface area contributed by atoms with Crippen LogP contribution in [0.3, 0.4) is 0 Å². The van der Waals surface area contributed by atoms with E-state index < -0.39 is 10.2 Å². The van der Waals surface area contributed by atoms with Crippen LogP contribution in [0.4, 0.5) is 0 Å². The molecule has 1 aromatic rings. The Morgan fingerprint density at radius 2 is 1.64 bits per heavy atom. The van der Waals surface area contributed by atoms with Crippen LogP contribution in [-0.2, 0) is 15.6 Å². The fourth-order valence-electron chi connectivity index (χ4n) is 2.89. The van der Waals surface area contributed by atoms with E-state index in [1.165, 1.54) is 28.3 Å². The summed E-state index contributed by atoms with van der Waals surface area (Å²) in [6, 6.07) is 5.97. The highest BCUT2D eigenvalue weighted by molar-refractivity contribution is 7.86. The van der Waals surface area contributed by atoms with Crippen molar-refractivity contribution in [3.63, 3.8) is 0 Å². The van der Waals surface area contributed by atoms with Gasteiger partial charge in [0.2, 0.25) is 0 Å². The maximum Gasteiger partial charge on any atom is 0.281 e. The molecule has 140 valence electrons. The van der Waals surface area contributed by atoms with Gasteiger partial charge in [-0.15, -0.1) is 0 Å². The van der Waals surface area contributed by atoms with E-state index >= 15 is 0 Å². The van der Waals surface area contributed by atoms with Crippen molar-refractivity contribution in [1.82, 2.24) is 13.5 Å². The molecule has 1 fully saturated rings. The molecule has 2 rings (SSSR count). The van der Waals surface area contributed by atoms with E-state index in [2.05, 4.69) is 26.8 Å². The van der Waals surface area contributed by atoms with E-state index in [0.717, 1.165) is 5.56 Å². The van der Waals surface area contributed by atoms with Gasteiger partial charge in [0.1, 0.15) is 0 Å². The SMILES string of the molecule is Cc1cc(C(C)(C)C)ccc1C(=O)N1CCN(S(=O)(=O)N(C)C)CC1. The van der Waals surface area contributed by atoms with Gasteiger partial charge in [0, 0.05) is 45.8 Å². The average Bonchev–Trinajstić information content (AvgIpc) is 2.53. The Balaban J connectivity index is 2.11. The topological polar surface area (TPSA) is 60.9 Å². The first-order valence-electron chi connectivity index (χ1n) is 8.52. The zero-order valence-electron chi connectivity index (χ0n) is 16.0. The van der Waals surface area contributed by atoms with Gasteiger partial charge in [-0.1, -0.05) is 32.9 Å². The summed E-state index contributed by atoms with van der Waals surface area (Å²) in [6.07, 6.45) is 0. The number of amides is 1. The minimum absolute atomic E-state index is 0.0279. The smallest absolute Gasteiger partial charge is 0.281 e. The first kappa shape index (κ1) is 19.9. The summed E-state index contributed by atoms with van der Waals surface area (Å²) >= 11 is 0. The second-order valence-electron chi connectivity index (χ2n) is 7.76. The molecule has 0 atom stereocenters. The summed E-state index contributed by atoms with van der Waals surface area (Å²) in [5.74, 6) is -0.0279. The molecule has 1 aliphatic heterocycles. The average molecular weight is 368 g/mol. The van der Waals surface area contributed by atoms with Crippen molar-refractivity contribution < 1.29 is 13.2 Å². The minimum atomic E-state index is -3.42. The van der Waals surface area contributed by atoms with E-state index in [9.17, 15) is 13.2 Å². The largest absolute Gasteiger partial charge is 0.336 e. The molecule has 1 heterocycles. The standard InChI is InChI=1S/C18H29N3O3S/c1-14-13-15(18(2,3)4)7-8-16(14)17(22)20-9-11-21(12-10-20)25(23,24)19(5)6/h7-8,13H,9-12H2,1-6H3. The lowest BCUT2D eigenvalue weighted by atomic mass is 9.85. The van der Waals surface area contributed by atoms with E-state index in [4.69, 9.17) is 0 Å². The van der Waals surface area contributed by atoms with Crippen LogP contribution in [0, 0.1) is 6.92 Å². The summed E-state index contributed by atoms with van der Waals surface area (Å²) < 4.78 is 27.0. The van der Waals surface area contributed by atoms with Gasteiger partial charge in [0.25, 0.3) is 16.1 Å². The monoisotopic (exact) mass is 367 g/mol. The molecular formula is C18H29N3O3S. The fourth-order valence-corrected chi connectivity index (χ4v) is 3.98. The third kappa shape index (κ3) is 4.22. The second kappa shape index (κ2) is 7.05. The summed E-state index contributed by atoms with van der Waals surface area (Å²) in [4.78, 5) is 14.6. The molecule has 1 aliphatic rings. The second-order valence-corrected chi connectivity index (χ2v) is 9.90. The number of carbonyl (C=O) groups excluding carboxylic acids is 1. The third-order valence-electron chi connectivity index (χ3n) is 4.64. The normalized spacial score (nSPS) is 17.2. The fraction of sp³-hybridized carbons (Fsp3) is 0.611. The molecule has 0 aliphatic carbocycles. The molecule has 1 saturated heterocycles. The predicted octanol–water partition coefficient (Wildman–Crippen LogP) is 1.86. The molecule has 0 radical (unpaired) electrons. The molecule has 0 spiro atoms. The maximum atomic E-state index is 12.8.